The van der Waals surface area contributed by atoms with Gasteiger partial charge in [0.15, 0.2) is 6.33 Å². The van der Waals surface area contributed by atoms with Crippen molar-refractivity contribution in [1.82, 2.24) is 25.5 Å². The van der Waals surface area contributed by atoms with E-state index >= 15 is 0 Å². The van der Waals surface area contributed by atoms with Crippen molar-refractivity contribution in [2.45, 2.75) is 75.8 Å². The van der Waals surface area contributed by atoms with Crippen LogP contribution >= 0.6 is 0 Å². The fraction of sp³-hybridized carbons (Fsp3) is 0.609. The van der Waals surface area contributed by atoms with Crippen molar-refractivity contribution in [2.24, 2.45) is 11.8 Å². The maximum absolute atomic E-state index is 12.8. The molecule has 2 N–H and O–H groups in total. The smallest absolute Gasteiger partial charge is 0.224 e. The molecule has 2 amide bonds. The lowest BCUT2D eigenvalue weighted by molar-refractivity contribution is -0.133. The molecule has 4 saturated carbocycles. The predicted octanol–water partition coefficient (Wildman–Crippen LogP) is 2.82. The number of carbonyl (C=O) groups is 2. The van der Waals surface area contributed by atoms with Gasteiger partial charge in [-0.3, -0.25) is 9.59 Å². The summed E-state index contributed by atoms with van der Waals surface area (Å²) in [5, 5.41) is 18.8. The Morgan fingerprint density at radius 2 is 1.90 bits per heavy atom. The summed E-state index contributed by atoms with van der Waals surface area (Å²) in [4.78, 5) is 27.0. The summed E-state index contributed by atoms with van der Waals surface area (Å²) in [5.41, 5.74) is 1.62. The second kappa shape index (κ2) is 7.73. The van der Waals surface area contributed by atoms with Crippen molar-refractivity contribution in [3.8, 4) is 0 Å². The molecule has 8 heteroatoms. The molecule has 2 aromatic rings. The number of nitrogens with zero attached hydrogens (tertiary/aromatic N) is 4. The van der Waals surface area contributed by atoms with E-state index in [2.05, 4.69) is 33.0 Å². The molecule has 4 bridgehead atoms. The lowest BCUT2D eigenvalue weighted by atomic mass is 9.50. The minimum atomic E-state index is -0.208. The first-order valence-corrected chi connectivity index (χ1v) is 11.4. The lowest BCUT2D eigenvalue weighted by Crippen LogP contribution is -2.66. The van der Waals surface area contributed by atoms with E-state index < -0.39 is 0 Å². The Kier molecular flexibility index (Phi) is 5.02. The monoisotopic (exact) mass is 422 g/mol. The van der Waals surface area contributed by atoms with E-state index in [1.54, 1.807) is 4.80 Å². The summed E-state index contributed by atoms with van der Waals surface area (Å²) in [6.45, 7) is 2.08. The van der Waals surface area contributed by atoms with Crippen LogP contribution < -0.4 is 10.6 Å². The van der Waals surface area contributed by atoms with E-state index in [-0.39, 0.29) is 35.7 Å². The van der Waals surface area contributed by atoms with Crippen molar-refractivity contribution >= 4 is 17.5 Å². The van der Waals surface area contributed by atoms with E-state index in [0.29, 0.717) is 11.8 Å². The van der Waals surface area contributed by atoms with Crippen LogP contribution in [0.2, 0.25) is 0 Å². The van der Waals surface area contributed by atoms with Gasteiger partial charge in [0, 0.05) is 24.1 Å². The van der Waals surface area contributed by atoms with Crippen LogP contribution in [0.1, 0.15) is 63.9 Å². The van der Waals surface area contributed by atoms with Gasteiger partial charge in [-0.05, 0) is 79.7 Å². The Morgan fingerprint density at radius 1 is 1.13 bits per heavy atom. The van der Waals surface area contributed by atoms with Gasteiger partial charge in [-0.1, -0.05) is 19.1 Å². The van der Waals surface area contributed by atoms with Gasteiger partial charge in [0.1, 0.15) is 0 Å². The number of rotatable bonds is 7. The van der Waals surface area contributed by atoms with Crippen molar-refractivity contribution < 1.29 is 9.59 Å². The van der Waals surface area contributed by atoms with Crippen LogP contribution in [-0.2, 0) is 21.5 Å². The Hall–Kier alpha value is -2.77. The third-order valence-corrected chi connectivity index (χ3v) is 7.41. The summed E-state index contributed by atoms with van der Waals surface area (Å²) in [5.74, 6) is 1.00. The number of anilines is 1. The first-order valence-electron chi connectivity index (χ1n) is 11.4. The summed E-state index contributed by atoms with van der Waals surface area (Å²) in [7, 11) is 0. The third kappa shape index (κ3) is 3.95. The molecule has 0 aliphatic heterocycles. The van der Waals surface area contributed by atoms with Gasteiger partial charge in [0.2, 0.25) is 11.8 Å². The van der Waals surface area contributed by atoms with Crippen LogP contribution in [0.15, 0.2) is 30.6 Å². The molecule has 0 radical (unpaired) electrons. The van der Waals surface area contributed by atoms with Gasteiger partial charge in [0.25, 0.3) is 0 Å². The second-order valence-corrected chi connectivity index (χ2v) is 9.84. The molecule has 0 spiro atoms. The van der Waals surface area contributed by atoms with Crippen molar-refractivity contribution in [1.29, 1.82) is 0 Å². The van der Waals surface area contributed by atoms with Crippen LogP contribution in [0.3, 0.4) is 0 Å². The highest BCUT2D eigenvalue weighted by Gasteiger charge is 2.60. The molecule has 4 fully saturated rings. The second-order valence-electron chi connectivity index (χ2n) is 9.84. The molecule has 164 valence electrons. The Bertz CT molecular complexity index is 958. The Labute approximate surface area is 182 Å². The summed E-state index contributed by atoms with van der Waals surface area (Å²) in [6, 6.07) is 7.83. The van der Waals surface area contributed by atoms with Gasteiger partial charge in [0.05, 0.1) is 5.54 Å². The predicted molar refractivity (Wildman–Crippen MR) is 115 cm³/mol. The van der Waals surface area contributed by atoms with Crippen LogP contribution in [-0.4, -0.2) is 37.6 Å². The van der Waals surface area contributed by atoms with E-state index in [1.807, 2.05) is 24.3 Å². The fourth-order valence-electron chi connectivity index (χ4n) is 6.66. The number of benzene rings is 1. The maximum Gasteiger partial charge on any atom is 0.224 e. The number of nitrogens with one attached hydrogen (secondary N) is 2. The number of hydrogen-bond acceptors (Lipinski definition) is 5. The van der Waals surface area contributed by atoms with Crippen molar-refractivity contribution in [3.63, 3.8) is 0 Å². The highest BCUT2D eigenvalue weighted by Crippen LogP contribution is 2.60. The van der Waals surface area contributed by atoms with Gasteiger partial charge in [-0.15, -0.1) is 10.2 Å². The van der Waals surface area contributed by atoms with Gasteiger partial charge >= 0.3 is 0 Å². The molecule has 1 aromatic carbocycles. The average Bonchev–Trinajstić information content (AvgIpc) is 3.27. The first-order chi connectivity index (χ1) is 15.0. The Balaban J connectivity index is 1.20. The molecule has 1 aromatic heterocycles. The lowest BCUT2D eigenvalue weighted by Gasteiger charge is -2.61. The minimum Gasteiger partial charge on any atom is -0.351 e. The zero-order valence-corrected chi connectivity index (χ0v) is 18.0. The number of aromatic nitrogens is 4. The number of aryl methyl sites for hydroxylation is 1. The molecule has 4 aliphatic carbocycles. The van der Waals surface area contributed by atoms with Crippen molar-refractivity contribution in [3.05, 3.63) is 36.2 Å². The molecule has 1 heterocycles. The number of hydrogen-bond donors (Lipinski definition) is 2. The fourth-order valence-corrected chi connectivity index (χ4v) is 6.66. The van der Waals surface area contributed by atoms with Crippen LogP contribution in [0, 0.1) is 11.8 Å². The van der Waals surface area contributed by atoms with Crippen LogP contribution in [0.25, 0.3) is 0 Å². The molecule has 0 saturated heterocycles. The molecule has 8 nitrogen and oxygen atoms in total. The largest absolute Gasteiger partial charge is 0.351 e. The van der Waals surface area contributed by atoms with E-state index in [9.17, 15) is 9.59 Å². The zero-order valence-electron chi connectivity index (χ0n) is 18.0. The molecule has 2 unspecified atom stereocenters. The zero-order chi connectivity index (χ0) is 21.5. The molecule has 4 aliphatic rings. The number of amides is 2. The third-order valence-electron chi connectivity index (χ3n) is 7.41. The standard InChI is InChI=1S/C23H30N6O2/c1-2-16-4-3-5-19(9-16)26-20(30)6-7-21(31)27-22-10-17-8-18(11-22)13-23(12-17,14-22)29-25-15-24-28-29/h3-5,9,15,17-18H,2,6-8,10-14H2,1H3,(H,26,30)(H,27,31). The topological polar surface area (TPSA) is 102 Å². The summed E-state index contributed by atoms with van der Waals surface area (Å²) < 4.78 is 0. The van der Waals surface area contributed by atoms with Crippen LogP contribution in [0.4, 0.5) is 5.69 Å². The number of tetrazole rings is 1. The molecular formula is C23H30N6O2. The van der Waals surface area contributed by atoms with E-state index in [0.717, 1.165) is 44.2 Å². The van der Waals surface area contributed by atoms with E-state index in [1.165, 1.54) is 18.3 Å². The highest BCUT2D eigenvalue weighted by atomic mass is 16.2. The first kappa shape index (κ1) is 20.2. The average molecular weight is 423 g/mol. The van der Waals surface area contributed by atoms with Crippen molar-refractivity contribution in [2.75, 3.05) is 5.32 Å². The number of carbonyl (C=O) groups excluding carboxylic acids is 2. The van der Waals surface area contributed by atoms with Gasteiger partial charge in [-0.25, -0.2) is 0 Å². The molecule has 6 rings (SSSR count). The summed E-state index contributed by atoms with van der Waals surface area (Å²) in [6.07, 6.45) is 9.04. The highest BCUT2D eigenvalue weighted by molar-refractivity contribution is 5.93. The molecular weight excluding hydrogens is 392 g/mol. The quantitative estimate of drug-likeness (QED) is 0.714. The van der Waals surface area contributed by atoms with Gasteiger partial charge < -0.3 is 10.6 Å². The normalized spacial score (nSPS) is 30.9. The summed E-state index contributed by atoms with van der Waals surface area (Å²) >= 11 is 0. The van der Waals surface area contributed by atoms with Gasteiger partial charge in [-0.2, -0.15) is 4.80 Å². The molecule has 31 heavy (non-hydrogen) atoms. The maximum atomic E-state index is 12.8. The van der Waals surface area contributed by atoms with E-state index in [4.69, 9.17) is 0 Å². The Morgan fingerprint density at radius 3 is 2.61 bits per heavy atom. The SMILES string of the molecule is CCc1cccc(NC(=O)CCC(=O)NC23CC4CC(C2)CC(n2ncnn2)(C4)C3)c1. The molecule has 2 atom stereocenters. The minimum absolute atomic E-state index is 0.0406. The van der Waals surface area contributed by atoms with Crippen LogP contribution in [0.5, 0.6) is 0 Å².